The van der Waals surface area contributed by atoms with Gasteiger partial charge in [-0.25, -0.2) is 19.9 Å². The number of hydrogen-bond donors (Lipinski definition) is 7. The first-order chi connectivity index (χ1) is 26.8. The fourth-order valence-corrected chi connectivity index (χ4v) is 9.86. The number of aryl methyl sites for hydroxylation is 1. The number of fused-ring (bicyclic) bond motifs is 4. The molecule has 8 N–H and O–H groups in total. The van der Waals surface area contributed by atoms with Gasteiger partial charge >= 0.3 is 13.4 Å². The maximum atomic E-state index is 13.3. The number of imidazole rings is 1. The van der Waals surface area contributed by atoms with Crippen LogP contribution in [0.2, 0.25) is 0 Å². The predicted molar refractivity (Wildman–Crippen MR) is 199 cm³/mol. The smallest absolute Gasteiger partial charge is 0.325 e. The average Bonchev–Trinajstić information content (AvgIpc) is 3.88. The molecule has 3 fully saturated rings. The molecule has 10 atom stereocenters. The maximum Gasteiger partial charge on any atom is 0.325 e. The second-order valence-corrected chi connectivity index (χ2v) is 18.8. The van der Waals surface area contributed by atoms with Gasteiger partial charge in [0, 0.05) is 12.7 Å². The van der Waals surface area contributed by atoms with Crippen molar-refractivity contribution in [3.63, 3.8) is 0 Å². The largest absolute Gasteiger partial charge is 0.387 e. The van der Waals surface area contributed by atoms with Crippen molar-refractivity contribution in [2.75, 3.05) is 45.0 Å². The Hall–Kier alpha value is -2.94. The first-order valence-corrected chi connectivity index (χ1v) is 22.6. The van der Waals surface area contributed by atoms with Gasteiger partial charge in [0.2, 0.25) is 5.91 Å². The Morgan fingerprint density at radius 3 is 2.52 bits per heavy atom. The molecule has 0 saturated carbocycles. The molecule has 0 aromatic carbocycles. The number of nitrogens with one attached hydrogen (secondary N) is 2. The minimum Gasteiger partial charge on any atom is -0.387 e. The summed E-state index contributed by atoms with van der Waals surface area (Å²) in [5.41, 5.74) is 6.13. The summed E-state index contributed by atoms with van der Waals surface area (Å²) < 4.78 is 45.0. The molecule has 0 radical (unpaired) electrons. The quantitative estimate of drug-likeness (QED) is 0.0585. The summed E-state index contributed by atoms with van der Waals surface area (Å²) in [7, 11) is 0. The average molecular weight is 861 g/mol. The van der Waals surface area contributed by atoms with Crippen LogP contribution in [0, 0.1) is 0 Å². The Morgan fingerprint density at radius 2 is 1.73 bits per heavy atom. The van der Waals surface area contributed by atoms with Gasteiger partial charge in [0.25, 0.3) is 5.56 Å². The molecule has 2 bridgehead atoms. The number of nitrogens with two attached hydrogens (primary N) is 1. The van der Waals surface area contributed by atoms with Gasteiger partial charge in [0.1, 0.15) is 67.5 Å². The van der Waals surface area contributed by atoms with E-state index in [1.165, 1.54) is 28.1 Å². The highest BCUT2D eigenvalue weighted by atomic mass is 32.5. The fraction of sp³-hybridized carbons (Fsp3) is 0.586. The molecule has 304 valence electrons. The van der Waals surface area contributed by atoms with Crippen molar-refractivity contribution in [1.29, 1.82) is 0 Å². The van der Waals surface area contributed by atoms with E-state index < -0.39 is 87.2 Å². The molecule has 4 aromatic heterocycles. The van der Waals surface area contributed by atoms with Crippen LogP contribution in [0.15, 0.2) is 30.0 Å². The second kappa shape index (κ2) is 16.0. The van der Waals surface area contributed by atoms with Crippen molar-refractivity contribution in [3.05, 3.63) is 41.1 Å². The molecule has 23 nitrogen and oxygen atoms in total. The van der Waals surface area contributed by atoms with Crippen LogP contribution < -0.4 is 21.9 Å². The number of hydrogen-bond acceptors (Lipinski definition) is 19. The van der Waals surface area contributed by atoms with Crippen molar-refractivity contribution in [2.24, 2.45) is 5.73 Å². The molecule has 0 aliphatic carbocycles. The molecule has 8 heterocycles. The number of carbonyl (C=O) groups is 1. The van der Waals surface area contributed by atoms with E-state index in [1.807, 2.05) is 6.20 Å². The van der Waals surface area contributed by atoms with Gasteiger partial charge in [-0.2, -0.15) is 0 Å². The van der Waals surface area contributed by atoms with Crippen molar-refractivity contribution < 1.29 is 57.1 Å². The highest BCUT2D eigenvalue weighted by Crippen LogP contribution is 2.54. The molecule has 2 unspecified atom stereocenters. The van der Waals surface area contributed by atoms with E-state index in [9.17, 15) is 29.6 Å². The summed E-state index contributed by atoms with van der Waals surface area (Å²) in [5, 5.41) is 29.5. The molecule has 3 saturated heterocycles. The Bertz CT molecular complexity index is 2280. The molecular formula is C29H38N10O13P2S2. The third-order valence-electron chi connectivity index (χ3n) is 9.67. The number of aromatic nitrogens is 7. The minimum absolute atomic E-state index is 0.0423. The van der Waals surface area contributed by atoms with E-state index in [2.05, 4.69) is 30.6 Å². The van der Waals surface area contributed by atoms with Crippen molar-refractivity contribution >= 4 is 71.0 Å². The molecule has 4 aliphatic heterocycles. The molecule has 27 heteroatoms. The van der Waals surface area contributed by atoms with E-state index in [0.717, 1.165) is 30.3 Å². The van der Waals surface area contributed by atoms with E-state index in [0.29, 0.717) is 11.5 Å². The van der Waals surface area contributed by atoms with Crippen LogP contribution in [-0.2, 0) is 73.7 Å². The number of anilines is 1. The van der Waals surface area contributed by atoms with Crippen LogP contribution in [0.1, 0.15) is 24.4 Å². The first-order valence-electron chi connectivity index (χ1n) is 17.4. The normalized spacial score (nSPS) is 33.6. The SMILES string of the molecule is NCC(=O)NCOCCn1cnc2c(ncn2[C@@H]2O[C@@H]3COP(O)(=S)O[C@H]4[C@@H](O)[C@H](n5cc6c7c(ncnc75)NCCC6)O[C@@H]4COP(O)(=S)O[C@@H]2[C@@H]3O)c1=O. The summed E-state index contributed by atoms with van der Waals surface area (Å²) in [6, 6.07) is 0. The zero-order chi connectivity index (χ0) is 39.4. The van der Waals surface area contributed by atoms with E-state index in [-0.39, 0.29) is 37.6 Å². The van der Waals surface area contributed by atoms with Gasteiger partial charge in [-0.1, -0.05) is 0 Å². The molecule has 8 rings (SSSR count). The van der Waals surface area contributed by atoms with Crippen LogP contribution >= 0.6 is 13.4 Å². The molecule has 0 spiro atoms. The molecule has 4 aromatic rings. The zero-order valence-electron chi connectivity index (χ0n) is 29.2. The zero-order valence-corrected chi connectivity index (χ0v) is 32.6. The highest BCUT2D eigenvalue weighted by molar-refractivity contribution is 8.07. The lowest BCUT2D eigenvalue weighted by molar-refractivity contribution is -0.121. The van der Waals surface area contributed by atoms with Gasteiger partial charge < -0.3 is 64.2 Å². The number of amides is 1. The maximum absolute atomic E-state index is 13.3. The van der Waals surface area contributed by atoms with Crippen LogP contribution in [0.4, 0.5) is 5.82 Å². The van der Waals surface area contributed by atoms with Gasteiger partial charge in [-0.3, -0.25) is 27.8 Å². The van der Waals surface area contributed by atoms with Crippen molar-refractivity contribution in [3.8, 4) is 0 Å². The van der Waals surface area contributed by atoms with Gasteiger partial charge in [0.05, 0.1) is 44.6 Å². The summed E-state index contributed by atoms with van der Waals surface area (Å²) in [6.45, 7) is -8.93. The number of ether oxygens (including phenoxy) is 3. The third-order valence-corrected chi connectivity index (χ3v) is 12.8. The first kappa shape index (κ1) is 39.9. The topological polar surface area (TPSA) is 296 Å². The van der Waals surface area contributed by atoms with Gasteiger partial charge in [-0.05, 0) is 42.0 Å². The van der Waals surface area contributed by atoms with Crippen LogP contribution in [0.5, 0.6) is 0 Å². The molecule has 56 heavy (non-hydrogen) atoms. The lowest BCUT2D eigenvalue weighted by Crippen LogP contribution is -2.36. The fourth-order valence-electron chi connectivity index (χ4n) is 7.01. The molecule has 1 amide bonds. The number of aliphatic hydroxyl groups excluding tert-OH is 2. The molecular weight excluding hydrogens is 822 g/mol. The number of rotatable bonds is 8. The number of aliphatic hydroxyl groups is 2. The number of nitrogens with zero attached hydrogens (tertiary/aromatic N) is 7. The summed E-state index contributed by atoms with van der Waals surface area (Å²) in [4.78, 5) is 64.6. The Labute approximate surface area is 326 Å². The third kappa shape index (κ3) is 7.80. The van der Waals surface area contributed by atoms with Crippen LogP contribution in [0.25, 0.3) is 22.2 Å². The Morgan fingerprint density at radius 1 is 0.982 bits per heavy atom. The van der Waals surface area contributed by atoms with E-state index in [1.54, 1.807) is 4.57 Å². The standard InChI is InChI=1S/C29H38N10O13P2S2/c30-6-17(40)36-13-46-5-4-37-11-35-26-19(27(37)43)34-12-39(26)29-23-20(41)15(49-29)8-47-53(44,55)51-22-16(9-48-54(45,56)52-23)50-28(21(22)42)38-7-14-2-1-3-31-24-18(14)25(38)33-10-32-24/h7,10-12,15-16,20-23,28-29,41-42H,1-6,8-9,13,30H2,(H,36,40)(H,44,55)(H,45,56)(H,31,32,33)/t15-,16-,20-,21-,22-,23-,28-,29-,53?,54?/m1/s1. The van der Waals surface area contributed by atoms with Gasteiger partial charge in [0.15, 0.2) is 23.6 Å². The minimum atomic E-state index is -4.26. The Kier molecular flexibility index (Phi) is 11.4. The highest BCUT2D eigenvalue weighted by Gasteiger charge is 2.52. The lowest BCUT2D eigenvalue weighted by Gasteiger charge is -2.28. The second-order valence-electron chi connectivity index (χ2n) is 13.2. The summed E-state index contributed by atoms with van der Waals surface area (Å²) >= 11 is 10.7. The van der Waals surface area contributed by atoms with E-state index >= 15 is 0 Å². The number of carbonyl (C=O) groups excluding carboxylic acids is 1. The van der Waals surface area contributed by atoms with Crippen LogP contribution in [-0.4, -0.2) is 136 Å². The van der Waals surface area contributed by atoms with Crippen LogP contribution in [0.3, 0.4) is 0 Å². The predicted octanol–water partition coefficient (Wildman–Crippen LogP) is -1.79. The Balaban J connectivity index is 1.03. The summed E-state index contributed by atoms with van der Waals surface area (Å²) in [5.74, 6) is 0.252. The molecule has 4 aliphatic rings. The van der Waals surface area contributed by atoms with Gasteiger partial charge in [-0.15, -0.1) is 0 Å². The summed E-state index contributed by atoms with van der Waals surface area (Å²) in [6.07, 6.45) is -3.37. The van der Waals surface area contributed by atoms with E-state index in [4.69, 9.17) is 61.7 Å². The van der Waals surface area contributed by atoms with Crippen molar-refractivity contribution in [1.82, 2.24) is 39.0 Å². The monoisotopic (exact) mass is 860 g/mol. The van der Waals surface area contributed by atoms with Crippen molar-refractivity contribution in [2.45, 2.75) is 68.5 Å². The lowest BCUT2D eigenvalue weighted by atomic mass is 10.1.